The molecule has 3 N–H and O–H groups in total. The summed E-state index contributed by atoms with van der Waals surface area (Å²) in [4.78, 5) is 12.1. The average molecular weight is 272 g/mol. The summed E-state index contributed by atoms with van der Waals surface area (Å²) in [5.74, 6) is -0.607. The SMILES string of the molecule is CC(NC(=O)[C@H](N)c1ccccc1)c1cccc(F)c1. The number of nitrogens with one attached hydrogen (secondary N) is 1. The Morgan fingerprint density at radius 2 is 1.75 bits per heavy atom. The van der Waals surface area contributed by atoms with E-state index < -0.39 is 6.04 Å². The maximum Gasteiger partial charge on any atom is 0.241 e. The summed E-state index contributed by atoms with van der Waals surface area (Å²) in [5, 5.41) is 2.79. The minimum atomic E-state index is -0.729. The third kappa shape index (κ3) is 3.42. The lowest BCUT2D eigenvalue weighted by Crippen LogP contribution is -2.35. The number of hydrogen-bond acceptors (Lipinski definition) is 2. The molecule has 0 heterocycles. The molecule has 0 fully saturated rings. The second kappa shape index (κ2) is 6.30. The van der Waals surface area contributed by atoms with Gasteiger partial charge in [0.05, 0.1) is 6.04 Å². The van der Waals surface area contributed by atoms with Crippen LogP contribution in [0.25, 0.3) is 0 Å². The second-order valence-corrected chi connectivity index (χ2v) is 4.67. The molecule has 0 aliphatic heterocycles. The maximum atomic E-state index is 13.2. The number of carbonyl (C=O) groups is 1. The van der Waals surface area contributed by atoms with Crippen LogP contribution in [-0.4, -0.2) is 5.91 Å². The third-order valence-corrected chi connectivity index (χ3v) is 3.15. The van der Waals surface area contributed by atoms with Crippen molar-refractivity contribution in [3.63, 3.8) is 0 Å². The van der Waals surface area contributed by atoms with E-state index in [1.54, 1.807) is 31.2 Å². The highest BCUT2D eigenvalue weighted by Gasteiger charge is 2.18. The van der Waals surface area contributed by atoms with Crippen LogP contribution in [0.2, 0.25) is 0 Å². The number of benzene rings is 2. The van der Waals surface area contributed by atoms with Gasteiger partial charge in [0.1, 0.15) is 11.9 Å². The molecule has 2 atom stereocenters. The van der Waals surface area contributed by atoms with Gasteiger partial charge >= 0.3 is 0 Å². The largest absolute Gasteiger partial charge is 0.348 e. The zero-order valence-corrected chi connectivity index (χ0v) is 11.2. The fourth-order valence-corrected chi connectivity index (χ4v) is 1.97. The Morgan fingerprint density at radius 3 is 2.40 bits per heavy atom. The third-order valence-electron chi connectivity index (χ3n) is 3.15. The number of carbonyl (C=O) groups excluding carboxylic acids is 1. The summed E-state index contributed by atoms with van der Waals surface area (Å²) in [6.07, 6.45) is 0. The first kappa shape index (κ1) is 14.2. The minimum Gasteiger partial charge on any atom is -0.348 e. The molecule has 0 spiro atoms. The topological polar surface area (TPSA) is 55.1 Å². The van der Waals surface area contributed by atoms with E-state index in [4.69, 9.17) is 5.73 Å². The lowest BCUT2D eigenvalue weighted by atomic mass is 10.0. The smallest absolute Gasteiger partial charge is 0.241 e. The van der Waals surface area contributed by atoms with Crippen molar-refractivity contribution in [3.05, 3.63) is 71.5 Å². The summed E-state index contributed by atoms with van der Waals surface area (Å²) < 4.78 is 13.2. The van der Waals surface area contributed by atoms with Gasteiger partial charge in [0.2, 0.25) is 5.91 Å². The molecule has 4 heteroatoms. The first-order valence-corrected chi connectivity index (χ1v) is 6.44. The van der Waals surface area contributed by atoms with E-state index in [2.05, 4.69) is 5.32 Å². The van der Waals surface area contributed by atoms with Crippen LogP contribution < -0.4 is 11.1 Å². The number of rotatable bonds is 4. The van der Waals surface area contributed by atoms with Crippen molar-refractivity contribution in [3.8, 4) is 0 Å². The van der Waals surface area contributed by atoms with Crippen molar-refractivity contribution in [1.29, 1.82) is 0 Å². The number of amides is 1. The van der Waals surface area contributed by atoms with Crippen LogP contribution in [0, 0.1) is 5.82 Å². The van der Waals surface area contributed by atoms with Crippen molar-refractivity contribution >= 4 is 5.91 Å². The minimum absolute atomic E-state index is 0.284. The fourth-order valence-electron chi connectivity index (χ4n) is 1.97. The van der Waals surface area contributed by atoms with Crippen LogP contribution in [-0.2, 0) is 4.79 Å². The van der Waals surface area contributed by atoms with Crippen molar-refractivity contribution in [2.45, 2.75) is 19.0 Å². The van der Waals surface area contributed by atoms with Crippen molar-refractivity contribution in [1.82, 2.24) is 5.32 Å². The van der Waals surface area contributed by atoms with Crippen LogP contribution in [0.4, 0.5) is 4.39 Å². The van der Waals surface area contributed by atoms with E-state index in [0.29, 0.717) is 5.56 Å². The zero-order valence-electron chi connectivity index (χ0n) is 11.2. The zero-order chi connectivity index (χ0) is 14.5. The van der Waals surface area contributed by atoms with E-state index in [9.17, 15) is 9.18 Å². The van der Waals surface area contributed by atoms with Gasteiger partial charge in [0.25, 0.3) is 0 Å². The molecule has 0 saturated carbocycles. The molecule has 0 aromatic heterocycles. The summed E-state index contributed by atoms with van der Waals surface area (Å²) in [6, 6.07) is 14.3. The van der Waals surface area contributed by atoms with E-state index >= 15 is 0 Å². The molecular weight excluding hydrogens is 255 g/mol. The fraction of sp³-hybridized carbons (Fsp3) is 0.188. The summed E-state index contributed by atoms with van der Waals surface area (Å²) in [6.45, 7) is 1.80. The van der Waals surface area contributed by atoms with Gasteiger partial charge < -0.3 is 11.1 Å². The average Bonchev–Trinajstić information content (AvgIpc) is 2.47. The Kier molecular flexibility index (Phi) is 4.48. The predicted octanol–water partition coefficient (Wildman–Crippen LogP) is 2.70. The molecule has 104 valence electrons. The Labute approximate surface area is 117 Å². The monoisotopic (exact) mass is 272 g/mol. The van der Waals surface area contributed by atoms with E-state index in [-0.39, 0.29) is 17.8 Å². The first-order chi connectivity index (χ1) is 9.58. The van der Waals surface area contributed by atoms with E-state index in [1.807, 2.05) is 18.2 Å². The Balaban J connectivity index is 2.04. The molecule has 2 rings (SSSR count). The van der Waals surface area contributed by atoms with Crippen LogP contribution in [0.15, 0.2) is 54.6 Å². The number of nitrogens with two attached hydrogens (primary N) is 1. The Bertz CT molecular complexity index is 586. The van der Waals surface area contributed by atoms with Gasteiger partial charge in [0.15, 0.2) is 0 Å². The molecule has 2 aromatic rings. The molecule has 1 unspecified atom stereocenters. The Morgan fingerprint density at radius 1 is 1.10 bits per heavy atom. The Hall–Kier alpha value is -2.20. The highest BCUT2D eigenvalue weighted by molar-refractivity contribution is 5.83. The van der Waals surface area contributed by atoms with Crippen molar-refractivity contribution in [2.75, 3.05) is 0 Å². The molecule has 1 amide bonds. The van der Waals surface area contributed by atoms with E-state index in [0.717, 1.165) is 5.56 Å². The molecule has 2 aromatic carbocycles. The quantitative estimate of drug-likeness (QED) is 0.899. The van der Waals surface area contributed by atoms with Crippen molar-refractivity contribution in [2.24, 2.45) is 5.73 Å². The van der Waals surface area contributed by atoms with Gasteiger partial charge in [0, 0.05) is 0 Å². The summed E-state index contributed by atoms with van der Waals surface area (Å²) in [5.41, 5.74) is 7.36. The van der Waals surface area contributed by atoms with Gasteiger partial charge in [-0.05, 0) is 30.2 Å². The number of halogens is 1. The molecule has 0 aliphatic rings. The van der Waals surface area contributed by atoms with Gasteiger partial charge in [-0.3, -0.25) is 4.79 Å². The molecule has 0 bridgehead atoms. The predicted molar refractivity (Wildman–Crippen MR) is 76.3 cm³/mol. The van der Waals surface area contributed by atoms with Crippen LogP contribution >= 0.6 is 0 Å². The molecule has 0 radical (unpaired) electrons. The highest BCUT2D eigenvalue weighted by Crippen LogP contribution is 2.16. The molecule has 0 aliphatic carbocycles. The van der Waals surface area contributed by atoms with Crippen LogP contribution in [0.5, 0.6) is 0 Å². The lowest BCUT2D eigenvalue weighted by Gasteiger charge is -2.18. The second-order valence-electron chi connectivity index (χ2n) is 4.67. The normalized spacial score (nSPS) is 13.6. The molecule has 0 saturated heterocycles. The molecular formula is C16H17FN2O. The van der Waals surface area contributed by atoms with Crippen LogP contribution in [0.1, 0.15) is 30.1 Å². The van der Waals surface area contributed by atoms with E-state index in [1.165, 1.54) is 12.1 Å². The standard InChI is InChI=1S/C16H17FN2O/c1-11(13-8-5-9-14(17)10-13)19-16(20)15(18)12-6-3-2-4-7-12/h2-11,15H,18H2,1H3,(H,19,20)/t11?,15-/m1/s1. The van der Waals surface area contributed by atoms with Gasteiger partial charge in [-0.2, -0.15) is 0 Å². The van der Waals surface area contributed by atoms with Gasteiger partial charge in [-0.1, -0.05) is 42.5 Å². The summed E-state index contributed by atoms with van der Waals surface area (Å²) in [7, 11) is 0. The molecule has 3 nitrogen and oxygen atoms in total. The first-order valence-electron chi connectivity index (χ1n) is 6.44. The van der Waals surface area contributed by atoms with Gasteiger partial charge in [-0.25, -0.2) is 4.39 Å². The van der Waals surface area contributed by atoms with Crippen LogP contribution in [0.3, 0.4) is 0 Å². The van der Waals surface area contributed by atoms with Gasteiger partial charge in [-0.15, -0.1) is 0 Å². The molecule has 20 heavy (non-hydrogen) atoms. The maximum absolute atomic E-state index is 13.2. The summed E-state index contributed by atoms with van der Waals surface area (Å²) >= 11 is 0. The highest BCUT2D eigenvalue weighted by atomic mass is 19.1. The lowest BCUT2D eigenvalue weighted by molar-refractivity contribution is -0.123. The van der Waals surface area contributed by atoms with Crippen molar-refractivity contribution < 1.29 is 9.18 Å². The number of hydrogen-bond donors (Lipinski definition) is 2.